The molecule has 3 aromatic rings. The van der Waals surface area contributed by atoms with Gasteiger partial charge in [-0.3, -0.25) is 0 Å². The topological polar surface area (TPSA) is 80.3 Å². The first-order valence-corrected chi connectivity index (χ1v) is 12.5. The quantitative estimate of drug-likeness (QED) is 0.476. The monoisotopic (exact) mass is 552 g/mol. The van der Waals surface area contributed by atoms with Gasteiger partial charge < -0.3 is 29.5 Å². The average molecular weight is 553 g/mol. The minimum atomic E-state index is -1.65. The number of aliphatic hydroxyl groups is 1. The van der Waals surface area contributed by atoms with Crippen LogP contribution in [0.2, 0.25) is 0 Å². The smallest absolute Gasteiger partial charge is 0.317 e. The molecule has 36 heavy (non-hydrogen) atoms. The third-order valence-corrected chi connectivity index (χ3v) is 7.89. The molecule has 0 bridgehead atoms. The molecular formula is C28H29BrN2O5. The van der Waals surface area contributed by atoms with Gasteiger partial charge in [-0.05, 0) is 29.7 Å². The second kappa shape index (κ2) is 9.01. The van der Waals surface area contributed by atoms with Crippen LogP contribution in [0.1, 0.15) is 29.0 Å². The predicted octanol–water partition coefficient (Wildman–Crippen LogP) is 4.77. The van der Waals surface area contributed by atoms with Crippen LogP contribution >= 0.6 is 15.9 Å². The maximum atomic E-state index is 13.0. The van der Waals surface area contributed by atoms with Crippen molar-refractivity contribution in [1.29, 1.82) is 0 Å². The molecule has 8 heteroatoms. The zero-order valence-electron chi connectivity index (χ0n) is 20.6. The van der Waals surface area contributed by atoms with Crippen LogP contribution in [-0.2, 0) is 11.2 Å². The highest BCUT2D eigenvalue weighted by molar-refractivity contribution is 9.10. The number of rotatable bonds is 5. The SMILES string of the molecule is COc1cc(OC)c2c(c1)O[C@@]1(c3ccc(Br)cc3)[C@H](c3ccccc3)C[C@H](NC(=O)N(C)C)[C@@]21O. The van der Waals surface area contributed by atoms with Gasteiger partial charge >= 0.3 is 6.03 Å². The highest BCUT2D eigenvalue weighted by atomic mass is 79.9. The molecule has 0 unspecified atom stereocenters. The molecule has 7 nitrogen and oxygen atoms in total. The van der Waals surface area contributed by atoms with E-state index in [1.807, 2.05) is 54.6 Å². The van der Waals surface area contributed by atoms with Crippen LogP contribution in [0.3, 0.4) is 0 Å². The minimum absolute atomic E-state index is 0.291. The first kappa shape index (κ1) is 24.5. The fraction of sp³-hybridized carbons (Fsp3) is 0.321. The molecule has 4 atom stereocenters. The van der Waals surface area contributed by atoms with Crippen LogP contribution in [-0.4, -0.2) is 50.4 Å². The van der Waals surface area contributed by atoms with Crippen molar-refractivity contribution in [3.63, 3.8) is 0 Å². The highest BCUT2D eigenvalue weighted by Gasteiger charge is 2.74. The van der Waals surface area contributed by atoms with Crippen molar-refractivity contribution in [2.45, 2.75) is 29.6 Å². The molecule has 0 aromatic heterocycles. The van der Waals surface area contributed by atoms with Gasteiger partial charge in [-0.25, -0.2) is 4.79 Å². The first-order valence-electron chi connectivity index (χ1n) is 11.7. The Labute approximate surface area is 219 Å². The summed E-state index contributed by atoms with van der Waals surface area (Å²) in [5.41, 5.74) is -0.613. The van der Waals surface area contributed by atoms with Gasteiger partial charge in [-0.2, -0.15) is 0 Å². The number of carbonyl (C=O) groups is 1. The molecule has 188 valence electrons. The number of hydrogen-bond donors (Lipinski definition) is 2. The van der Waals surface area contributed by atoms with Gasteiger partial charge in [0, 0.05) is 36.6 Å². The van der Waals surface area contributed by atoms with Crippen LogP contribution in [0.25, 0.3) is 0 Å². The van der Waals surface area contributed by atoms with Gasteiger partial charge in [0.25, 0.3) is 0 Å². The second-order valence-electron chi connectivity index (χ2n) is 9.41. The maximum absolute atomic E-state index is 13.0. The van der Waals surface area contributed by atoms with Gasteiger partial charge in [0.2, 0.25) is 0 Å². The lowest BCUT2D eigenvalue weighted by Gasteiger charge is -2.41. The molecular weight excluding hydrogens is 524 g/mol. The molecule has 1 saturated carbocycles. The van der Waals surface area contributed by atoms with E-state index in [9.17, 15) is 9.90 Å². The summed E-state index contributed by atoms with van der Waals surface area (Å²) in [4.78, 5) is 14.4. The van der Waals surface area contributed by atoms with E-state index in [4.69, 9.17) is 14.2 Å². The summed E-state index contributed by atoms with van der Waals surface area (Å²) in [6.07, 6.45) is 0.449. The van der Waals surface area contributed by atoms with Crippen molar-refractivity contribution in [3.8, 4) is 17.2 Å². The molecule has 2 N–H and O–H groups in total. The van der Waals surface area contributed by atoms with E-state index < -0.39 is 17.2 Å². The number of benzene rings is 3. The van der Waals surface area contributed by atoms with E-state index in [0.29, 0.717) is 29.2 Å². The molecule has 3 aromatic carbocycles. The summed E-state index contributed by atoms with van der Waals surface area (Å²) >= 11 is 3.53. The Morgan fingerprint density at radius 2 is 1.78 bits per heavy atom. The van der Waals surface area contributed by atoms with E-state index in [2.05, 4.69) is 21.2 Å². The molecule has 0 radical (unpaired) electrons. The summed E-state index contributed by atoms with van der Waals surface area (Å²) in [5.74, 6) is 1.15. The molecule has 2 amide bonds. The van der Waals surface area contributed by atoms with E-state index in [0.717, 1.165) is 15.6 Å². The Kier molecular flexibility index (Phi) is 6.12. The number of carbonyl (C=O) groups excluding carboxylic acids is 1. The lowest BCUT2D eigenvalue weighted by atomic mass is 9.71. The summed E-state index contributed by atoms with van der Waals surface area (Å²) in [6, 6.07) is 20.3. The lowest BCUT2D eigenvalue weighted by molar-refractivity contribution is -0.116. The number of urea groups is 1. The number of ether oxygens (including phenoxy) is 3. The van der Waals surface area contributed by atoms with Gasteiger partial charge in [0.15, 0.2) is 11.2 Å². The summed E-state index contributed by atoms with van der Waals surface area (Å²) in [5, 5.41) is 16.0. The first-order chi connectivity index (χ1) is 17.3. The predicted molar refractivity (Wildman–Crippen MR) is 140 cm³/mol. The molecule has 1 heterocycles. The number of hydrogen-bond acceptors (Lipinski definition) is 5. The van der Waals surface area contributed by atoms with Crippen LogP contribution in [0, 0.1) is 0 Å². The van der Waals surface area contributed by atoms with E-state index in [1.165, 1.54) is 4.90 Å². The molecule has 5 rings (SSSR count). The second-order valence-corrected chi connectivity index (χ2v) is 10.3. The van der Waals surface area contributed by atoms with Crippen LogP contribution < -0.4 is 19.5 Å². The third kappa shape index (κ3) is 3.46. The third-order valence-electron chi connectivity index (χ3n) is 7.36. The van der Waals surface area contributed by atoms with Gasteiger partial charge in [0.05, 0.1) is 25.8 Å². The minimum Gasteiger partial charge on any atom is -0.496 e. The Morgan fingerprint density at radius 1 is 1.08 bits per heavy atom. The number of methoxy groups -OCH3 is 2. The van der Waals surface area contributed by atoms with Gasteiger partial charge in [-0.15, -0.1) is 0 Å². The van der Waals surface area contributed by atoms with Gasteiger partial charge in [-0.1, -0.05) is 58.4 Å². The Morgan fingerprint density at radius 3 is 2.39 bits per heavy atom. The van der Waals surface area contributed by atoms with Gasteiger partial charge in [0.1, 0.15) is 17.2 Å². The average Bonchev–Trinajstić information content (AvgIpc) is 3.29. The lowest BCUT2D eigenvalue weighted by Crippen LogP contribution is -2.57. The number of amides is 2. The van der Waals surface area contributed by atoms with Crippen molar-refractivity contribution in [2.75, 3.05) is 28.3 Å². The van der Waals surface area contributed by atoms with Crippen LogP contribution in [0.15, 0.2) is 71.2 Å². The maximum Gasteiger partial charge on any atom is 0.317 e. The van der Waals surface area contributed by atoms with Crippen molar-refractivity contribution < 1.29 is 24.1 Å². The number of halogens is 1. The Bertz CT molecular complexity index is 1280. The molecule has 2 aliphatic rings. The standard InChI is InChI=1S/C28H29BrN2O5/c1-31(2)26(32)30-24-16-21(17-8-6-5-7-9-17)28(18-10-12-19(29)13-11-18)27(24,33)25-22(35-4)14-20(34-3)15-23(25)36-28/h5-15,21,24,33H,16H2,1-4H3,(H,30,32)/t21-,24-,27+,28-/m0/s1. The molecule has 0 saturated heterocycles. The fourth-order valence-electron chi connectivity index (χ4n) is 5.76. The zero-order chi connectivity index (χ0) is 25.7. The van der Waals surface area contributed by atoms with Crippen LogP contribution in [0.5, 0.6) is 17.2 Å². The zero-order valence-corrected chi connectivity index (χ0v) is 22.2. The Hall–Kier alpha value is -3.23. The largest absolute Gasteiger partial charge is 0.496 e. The molecule has 1 aliphatic heterocycles. The van der Waals surface area contributed by atoms with Crippen molar-refractivity contribution in [2.24, 2.45) is 0 Å². The van der Waals surface area contributed by atoms with Crippen LogP contribution in [0.4, 0.5) is 4.79 Å². The normalized spacial score (nSPS) is 25.9. The van der Waals surface area contributed by atoms with E-state index >= 15 is 0 Å². The number of nitrogens with one attached hydrogen (secondary N) is 1. The number of fused-ring (bicyclic) bond motifs is 3. The van der Waals surface area contributed by atoms with E-state index in [-0.39, 0.29) is 11.9 Å². The fourth-order valence-corrected chi connectivity index (χ4v) is 6.02. The Balaban J connectivity index is 1.82. The molecule has 0 spiro atoms. The number of nitrogens with zero attached hydrogens (tertiary/aromatic N) is 1. The summed E-state index contributed by atoms with van der Waals surface area (Å²) in [7, 11) is 6.48. The molecule has 1 aliphatic carbocycles. The van der Waals surface area contributed by atoms with Crippen molar-refractivity contribution in [3.05, 3.63) is 87.9 Å². The summed E-state index contributed by atoms with van der Waals surface area (Å²) < 4.78 is 19.1. The molecule has 1 fully saturated rings. The highest BCUT2D eigenvalue weighted by Crippen LogP contribution is 2.68. The van der Waals surface area contributed by atoms with Crippen molar-refractivity contribution >= 4 is 22.0 Å². The van der Waals surface area contributed by atoms with Crippen molar-refractivity contribution in [1.82, 2.24) is 10.2 Å². The van der Waals surface area contributed by atoms with E-state index in [1.54, 1.807) is 40.4 Å². The summed E-state index contributed by atoms with van der Waals surface area (Å²) in [6.45, 7) is 0.